The lowest BCUT2D eigenvalue weighted by Crippen LogP contribution is -2.15. The lowest BCUT2D eigenvalue weighted by molar-refractivity contribution is 0.385. The van der Waals surface area contributed by atoms with E-state index >= 15 is 0 Å². The zero-order valence-electron chi connectivity index (χ0n) is 9.66. The zero-order chi connectivity index (χ0) is 12.6. The first-order valence-electron chi connectivity index (χ1n) is 5.28. The van der Waals surface area contributed by atoms with E-state index in [1.807, 2.05) is 6.92 Å². The average molecular weight is 259 g/mol. The molecule has 6 heteroatoms. The number of fused-ring (bicyclic) bond motifs is 1. The van der Waals surface area contributed by atoms with Crippen molar-refractivity contribution in [2.45, 2.75) is 11.8 Å². The highest BCUT2D eigenvalue weighted by Gasteiger charge is 2.27. The Morgan fingerprint density at radius 3 is 2.82 bits per heavy atom. The number of anilines is 1. The maximum atomic E-state index is 13.5. The van der Waals surface area contributed by atoms with Gasteiger partial charge in [0.05, 0.1) is 23.4 Å². The minimum Gasteiger partial charge on any atom is -0.494 e. The van der Waals surface area contributed by atoms with Gasteiger partial charge in [0.2, 0.25) is 0 Å². The maximum absolute atomic E-state index is 13.5. The van der Waals surface area contributed by atoms with Crippen molar-refractivity contribution < 1.29 is 17.5 Å². The Hall–Kier alpha value is -1.30. The van der Waals surface area contributed by atoms with Crippen LogP contribution in [0.15, 0.2) is 17.0 Å². The number of halogens is 1. The summed E-state index contributed by atoms with van der Waals surface area (Å²) >= 11 is 0. The van der Waals surface area contributed by atoms with E-state index in [0.717, 1.165) is 0 Å². The summed E-state index contributed by atoms with van der Waals surface area (Å²) in [6.45, 7) is 2.35. The Morgan fingerprint density at radius 1 is 1.47 bits per heavy atom. The summed E-state index contributed by atoms with van der Waals surface area (Å²) in [4.78, 5) is 0.111. The van der Waals surface area contributed by atoms with E-state index in [4.69, 9.17) is 4.74 Å². The normalized spacial score (nSPS) is 22.2. The Labute approximate surface area is 99.7 Å². The van der Waals surface area contributed by atoms with Gasteiger partial charge in [-0.2, -0.15) is 0 Å². The van der Waals surface area contributed by atoms with Crippen LogP contribution in [-0.2, 0) is 9.84 Å². The molecule has 0 aromatic heterocycles. The lowest BCUT2D eigenvalue weighted by Gasteiger charge is -2.10. The smallest absolute Gasteiger partial charge is 0.180 e. The van der Waals surface area contributed by atoms with Gasteiger partial charge in [-0.25, -0.2) is 12.8 Å². The second-order valence-electron chi connectivity index (χ2n) is 4.25. The van der Waals surface area contributed by atoms with Crippen molar-refractivity contribution in [3.8, 4) is 5.75 Å². The minimum atomic E-state index is -3.39. The molecule has 0 saturated carbocycles. The van der Waals surface area contributed by atoms with Crippen LogP contribution in [0, 0.1) is 11.7 Å². The third-order valence-corrected chi connectivity index (χ3v) is 4.75. The van der Waals surface area contributed by atoms with Crippen LogP contribution in [0.1, 0.15) is 6.92 Å². The van der Waals surface area contributed by atoms with Gasteiger partial charge in [0.15, 0.2) is 21.4 Å². The van der Waals surface area contributed by atoms with Crippen molar-refractivity contribution >= 4 is 15.5 Å². The number of sulfone groups is 1. The fourth-order valence-corrected chi connectivity index (χ4v) is 3.69. The molecule has 0 amide bonds. The quantitative estimate of drug-likeness (QED) is 0.779. The van der Waals surface area contributed by atoms with Crippen LogP contribution in [0.4, 0.5) is 10.1 Å². The molecule has 17 heavy (non-hydrogen) atoms. The fourth-order valence-electron chi connectivity index (χ4n) is 1.89. The Balaban J connectivity index is 2.62. The lowest BCUT2D eigenvalue weighted by atomic mass is 10.2. The summed E-state index contributed by atoms with van der Waals surface area (Å²) in [5.74, 6) is -0.574. The molecular weight excluding hydrogens is 245 g/mol. The molecule has 94 valence electrons. The van der Waals surface area contributed by atoms with Crippen LogP contribution < -0.4 is 10.1 Å². The summed E-state index contributed by atoms with van der Waals surface area (Å²) in [7, 11) is -2.08. The molecular formula is C11H14FNO3S. The number of methoxy groups -OCH3 is 1. The van der Waals surface area contributed by atoms with Crippen LogP contribution >= 0.6 is 0 Å². The van der Waals surface area contributed by atoms with Crippen molar-refractivity contribution in [2.24, 2.45) is 5.92 Å². The standard InChI is InChI=1S/C11H14FNO3S/c1-7-5-13-9-3-8(12)10(16-2)4-11(9)17(14,15)6-7/h3-4,7,13H,5-6H2,1-2H3. The Kier molecular flexibility index (Phi) is 2.99. The van der Waals surface area contributed by atoms with E-state index in [2.05, 4.69) is 5.32 Å². The van der Waals surface area contributed by atoms with Crippen LogP contribution in [0.3, 0.4) is 0 Å². The first-order chi connectivity index (χ1) is 7.94. The molecule has 0 aliphatic carbocycles. The Morgan fingerprint density at radius 2 is 2.18 bits per heavy atom. The predicted octanol–water partition coefficient (Wildman–Crippen LogP) is 1.67. The molecule has 1 aliphatic heterocycles. The van der Waals surface area contributed by atoms with Gasteiger partial charge in [0.1, 0.15) is 0 Å². The molecule has 1 aromatic carbocycles. The van der Waals surface area contributed by atoms with Gasteiger partial charge >= 0.3 is 0 Å². The number of rotatable bonds is 1. The number of nitrogens with one attached hydrogen (secondary N) is 1. The molecule has 2 rings (SSSR count). The highest BCUT2D eigenvalue weighted by Crippen LogP contribution is 2.32. The molecule has 0 spiro atoms. The summed E-state index contributed by atoms with van der Waals surface area (Å²) in [6, 6.07) is 2.41. The van der Waals surface area contributed by atoms with Gasteiger partial charge in [-0.1, -0.05) is 6.92 Å². The summed E-state index contributed by atoms with van der Waals surface area (Å²) in [5.41, 5.74) is 0.313. The highest BCUT2D eigenvalue weighted by molar-refractivity contribution is 7.91. The topological polar surface area (TPSA) is 55.4 Å². The van der Waals surface area contributed by atoms with Gasteiger partial charge in [0, 0.05) is 18.7 Å². The first kappa shape index (κ1) is 12.2. The fraction of sp³-hybridized carbons (Fsp3) is 0.455. The van der Waals surface area contributed by atoms with Gasteiger partial charge in [0.25, 0.3) is 0 Å². The molecule has 4 nitrogen and oxygen atoms in total. The Bertz CT molecular complexity index is 542. The molecule has 1 aromatic rings. The molecule has 1 aliphatic rings. The van der Waals surface area contributed by atoms with E-state index in [1.54, 1.807) is 0 Å². The van der Waals surface area contributed by atoms with E-state index in [9.17, 15) is 12.8 Å². The van der Waals surface area contributed by atoms with E-state index in [-0.39, 0.29) is 22.3 Å². The largest absolute Gasteiger partial charge is 0.494 e. The molecule has 1 unspecified atom stereocenters. The average Bonchev–Trinajstić information content (AvgIpc) is 2.34. The monoisotopic (exact) mass is 259 g/mol. The van der Waals surface area contributed by atoms with Gasteiger partial charge in [-0.05, 0) is 5.92 Å². The van der Waals surface area contributed by atoms with Crippen LogP contribution in [-0.4, -0.2) is 27.8 Å². The molecule has 0 bridgehead atoms. The van der Waals surface area contributed by atoms with Crippen molar-refractivity contribution in [1.82, 2.24) is 0 Å². The number of hydrogen-bond acceptors (Lipinski definition) is 4. The van der Waals surface area contributed by atoms with Crippen molar-refractivity contribution in [3.63, 3.8) is 0 Å². The van der Waals surface area contributed by atoms with E-state index in [0.29, 0.717) is 12.2 Å². The molecule has 0 fully saturated rings. The summed E-state index contributed by atoms with van der Waals surface area (Å²) in [6.07, 6.45) is 0. The first-order valence-corrected chi connectivity index (χ1v) is 6.93. The number of benzene rings is 1. The third kappa shape index (κ3) is 2.22. The molecule has 1 N–H and O–H groups in total. The van der Waals surface area contributed by atoms with Gasteiger partial charge in [-0.3, -0.25) is 0 Å². The number of hydrogen-bond donors (Lipinski definition) is 1. The van der Waals surface area contributed by atoms with Gasteiger partial charge < -0.3 is 10.1 Å². The van der Waals surface area contributed by atoms with Gasteiger partial charge in [-0.15, -0.1) is 0 Å². The summed E-state index contributed by atoms with van der Waals surface area (Å²) < 4.78 is 42.4. The van der Waals surface area contributed by atoms with Crippen LogP contribution in [0.2, 0.25) is 0 Å². The second-order valence-corrected chi connectivity index (χ2v) is 6.25. The second kappa shape index (κ2) is 4.18. The predicted molar refractivity (Wildman–Crippen MR) is 62.7 cm³/mol. The molecule has 0 saturated heterocycles. The van der Waals surface area contributed by atoms with Crippen molar-refractivity contribution in [2.75, 3.05) is 24.7 Å². The van der Waals surface area contributed by atoms with Crippen LogP contribution in [0.25, 0.3) is 0 Å². The number of ether oxygens (including phenoxy) is 1. The van der Waals surface area contributed by atoms with E-state index in [1.165, 1.54) is 19.2 Å². The zero-order valence-corrected chi connectivity index (χ0v) is 10.5. The van der Waals surface area contributed by atoms with E-state index < -0.39 is 15.7 Å². The SMILES string of the molecule is COc1cc2c(cc1F)NCC(C)CS2(=O)=O. The molecule has 1 atom stereocenters. The highest BCUT2D eigenvalue weighted by atomic mass is 32.2. The molecule has 1 heterocycles. The summed E-state index contributed by atoms with van der Waals surface area (Å²) in [5, 5.41) is 2.95. The van der Waals surface area contributed by atoms with Crippen molar-refractivity contribution in [3.05, 3.63) is 17.9 Å². The minimum absolute atomic E-state index is 0.0125. The third-order valence-electron chi connectivity index (χ3n) is 2.73. The molecule has 0 radical (unpaired) electrons. The maximum Gasteiger partial charge on any atom is 0.180 e. The van der Waals surface area contributed by atoms with Crippen LogP contribution in [0.5, 0.6) is 5.75 Å². The van der Waals surface area contributed by atoms with Crippen molar-refractivity contribution in [1.29, 1.82) is 0 Å².